The van der Waals surface area contributed by atoms with Crippen molar-refractivity contribution in [3.05, 3.63) is 29.3 Å². The lowest BCUT2D eigenvalue weighted by Gasteiger charge is -2.37. The standard InChI is InChI=1S/C14H20ClN3O/c1-10-5-6-18(13(7-10)9-16)14(19)17-12-4-2-3-11(15)8-12/h2-4,8,10,13H,5-7,9,16H2,1H3,(H,17,19). The van der Waals surface area contributed by atoms with Crippen LogP contribution >= 0.6 is 11.6 Å². The Hall–Kier alpha value is -1.26. The van der Waals surface area contributed by atoms with Crippen LogP contribution in [0.5, 0.6) is 0 Å². The molecule has 2 atom stereocenters. The lowest BCUT2D eigenvalue weighted by atomic mass is 9.93. The molecule has 3 N–H and O–H groups in total. The number of carbonyl (C=O) groups is 1. The Kier molecular flexibility index (Phi) is 4.66. The minimum absolute atomic E-state index is 0.0929. The smallest absolute Gasteiger partial charge is 0.322 e. The van der Waals surface area contributed by atoms with Crippen molar-refractivity contribution in [3.8, 4) is 0 Å². The van der Waals surface area contributed by atoms with E-state index in [0.29, 0.717) is 23.2 Å². The molecule has 1 fully saturated rings. The summed E-state index contributed by atoms with van der Waals surface area (Å²) in [5.41, 5.74) is 6.48. The van der Waals surface area contributed by atoms with Gasteiger partial charge >= 0.3 is 6.03 Å². The topological polar surface area (TPSA) is 58.4 Å². The molecule has 2 unspecified atom stereocenters. The van der Waals surface area contributed by atoms with E-state index in [2.05, 4.69) is 12.2 Å². The van der Waals surface area contributed by atoms with Crippen LogP contribution < -0.4 is 11.1 Å². The van der Waals surface area contributed by atoms with Crippen molar-refractivity contribution in [2.75, 3.05) is 18.4 Å². The lowest BCUT2D eigenvalue weighted by molar-refractivity contribution is 0.145. The highest BCUT2D eigenvalue weighted by Gasteiger charge is 2.28. The van der Waals surface area contributed by atoms with Crippen molar-refractivity contribution in [1.29, 1.82) is 0 Å². The zero-order valence-corrected chi connectivity index (χ0v) is 11.9. The summed E-state index contributed by atoms with van der Waals surface area (Å²) in [6.07, 6.45) is 2.00. The van der Waals surface area contributed by atoms with E-state index in [-0.39, 0.29) is 12.1 Å². The molecular weight excluding hydrogens is 262 g/mol. The molecule has 1 aromatic carbocycles. The first-order chi connectivity index (χ1) is 9.10. The summed E-state index contributed by atoms with van der Waals surface area (Å²) in [4.78, 5) is 14.1. The number of benzene rings is 1. The van der Waals surface area contributed by atoms with Crippen molar-refractivity contribution < 1.29 is 4.79 Å². The van der Waals surface area contributed by atoms with Crippen LogP contribution in [0.2, 0.25) is 5.02 Å². The van der Waals surface area contributed by atoms with Crippen molar-refractivity contribution in [1.82, 2.24) is 4.90 Å². The maximum atomic E-state index is 12.3. The molecule has 1 heterocycles. The highest BCUT2D eigenvalue weighted by Crippen LogP contribution is 2.23. The second-order valence-electron chi connectivity index (χ2n) is 5.15. The quantitative estimate of drug-likeness (QED) is 0.876. The summed E-state index contributed by atoms with van der Waals surface area (Å²) >= 11 is 5.90. The van der Waals surface area contributed by atoms with Gasteiger partial charge in [0.15, 0.2) is 0 Å². The number of urea groups is 1. The van der Waals surface area contributed by atoms with E-state index >= 15 is 0 Å². The number of likely N-dealkylation sites (tertiary alicyclic amines) is 1. The molecule has 0 spiro atoms. The van der Waals surface area contributed by atoms with Crippen LogP contribution in [0.4, 0.5) is 10.5 Å². The van der Waals surface area contributed by atoms with Gasteiger partial charge in [-0.25, -0.2) is 4.79 Å². The lowest BCUT2D eigenvalue weighted by Crippen LogP contribution is -2.50. The fraction of sp³-hybridized carbons (Fsp3) is 0.500. The van der Waals surface area contributed by atoms with Crippen molar-refractivity contribution in [2.24, 2.45) is 11.7 Å². The van der Waals surface area contributed by atoms with Gasteiger partial charge in [0, 0.05) is 29.8 Å². The average molecular weight is 282 g/mol. The summed E-state index contributed by atoms with van der Waals surface area (Å²) in [6, 6.07) is 7.20. The summed E-state index contributed by atoms with van der Waals surface area (Å²) in [7, 11) is 0. The molecule has 1 saturated heterocycles. The van der Waals surface area contributed by atoms with Crippen LogP contribution in [0.3, 0.4) is 0 Å². The van der Waals surface area contributed by atoms with Gasteiger partial charge in [0.2, 0.25) is 0 Å². The van der Waals surface area contributed by atoms with E-state index in [1.807, 2.05) is 17.0 Å². The fourth-order valence-electron chi connectivity index (χ4n) is 2.50. The normalized spacial score (nSPS) is 23.2. The Labute approximate surface area is 118 Å². The van der Waals surface area contributed by atoms with Crippen LogP contribution in [-0.2, 0) is 0 Å². The molecule has 0 bridgehead atoms. The average Bonchev–Trinajstić information content (AvgIpc) is 2.38. The molecule has 0 aromatic heterocycles. The van der Waals surface area contributed by atoms with Crippen LogP contribution in [0.15, 0.2) is 24.3 Å². The van der Waals surface area contributed by atoms with Gasteiger partial charge in [-0.15, -0.1) is 0 Å². The number of halogens is 1. The first-order valence-corrected chi connectivity index (χ1v) is 7.01. The van der Waals surface area contributed by atoms with E-state index in [0.717, 1.165) is 19.4 Å². The van der Waals surface area contributed by atoms with Gasteiger partial charge in [-0.1, -0.05) is 24.6 Å². The third kappa shape index (κ3) is 3.61. The molecule has 2 amide bonds. The van der Waals surface area contributed by atoms with E-state index < -0.39 is 0 Å². The SMILES string of the molecule is CC1CCN(C(=O)Nc2cccc(Cl)c2)C(CN)C1. The van der Waals surface area contributed by atoms with Gasteiger partial charge in [-0.3, -0.25) is 0 Å². The summed E-state index contributed by atoms with van der Waals surface area (Å²) in [6.45, 7) is 3.47. The maximum Gasteiger partial charge on any atom is 0.322 e. The Balaban J connectivity index is 2.02. The third-order valence-electron chi connectivity index (χ3n) is 3.59. The van der Waals surface area contributed by atoms with Gasteiger partial charge in [0.05, 0.1) is 0 Å². The molecule has 19 heavy (non-hydrogen) atoms. The highest BCUT2D eigenvalue weighted by molar-refractivity contribution is 6.30. The molecule has 1 aliphatic rings. The van der Waals surface area contributed by atoms with Gasteiger partial charge in [0.1, 0.15) is 0 Å². The number of hydrogen-bond acceptors (Lipinski definition) is 2. The molecule has 4 nitrogen and oxygen atoms in total. The number of anilines is 1. The Morgan fingerprint density at radius 3 is 3.05 bits per heavy atom. The van der Waals surface area contributed by atoms with Gasteiger partial charge < -0.3 is 16.0 Å². The Morgan fingerprint density at radius 2 is 2.37 bits per heavy atom. The number of piperidine rings is 1. The molecule has 0 saturated carbocycles. The molecular formula is C14H20ClN3O. The van der Waals surface area contributed by atoms with E-state index in [1.54, 1.807) is 12.1 Å². The van der Waals surface area contributed by atoms with E-state index in [4.69, 9.17) is 17.3 Å². The fourth-order valence-corrected chi connectivity index (χ4v) is 2.69. The first-order valence-electron chi connectivity index (χ1n) is 6.63. The maximum absolute atomic E-state index is 12.3. The number of rotatable bonds is 2. The van der Waals surface area contributed by atoms with Gasteiger partial charge in [-0.2, -0.15) is 0 Å². The minimum Gasteiger partial charge on any atom is -0.328 e. The van der Waals surface area contributed by atoms with Crippen LogP contribution in [0.1, 0.15) is 19.8 Å². The van der Waals surface area contributed by atoms with E-state index in [9.17, 15) is 4.79 Å². The molecule has 0 aliphatic carbocycles. The molecule has 1 aromatic rings. The van der Waals surface area contributed by atoms with Crippen molar-refractivity contribution >= 4 is 23.3 Å². The second kappa shape index (κ2) is 6.26. The predicted molar refractivity (Wildman–Crippen MR) is 78.4 cm³/mol. The van der Waals surface area contributed by atoms with Crippen molar-refractivity contribution in [3.63, 3.8) is 0 Å². The monoisotopic (exact) mass is 281 g/mol. The van der Waals surface area contributed by atoms with Crippen molar-refractivity contribution in [2.45, 2.75) is 25.8 Å². The third-order valence-corrected chi connectivity index (χ3v) is 3.82. The number of amides is 2. The van der Waals surface area contributed by atoms with Crippen LogP contribution in [0, 0.1) is 5.92 Å². The number of hydrogen-bond donors (Lipinski definition) is 2. The zero-order valence-electron chi connectivity index (χ0n) is 11.1. The predicted octanol–water partition coefficient (Wildman–Crippen LogP) is 2.93. The Bertz CT molecular complexity index is 452. The van der Waals surface area contributed by atoms with Crippen LogP contribution in [-0.4, -0.2) is 30.1 Å². The van der Waals surface area contributed by atoms with E-state index in [1.165, 1.54) is 0 Å². The number of nitrogens with zero attached hydrogens (tertiary/aromatic N) is 1. The molecule has 1 aliphatic heterocycles. The second-order valence-corrected chi connectivity index (χ2v) is 5.59. The molecule has 2 rings (SSSR count). The number of carbonyl (C=O) groups excluding carboxylic acids is 1. The molecule has 104 valence electrons. The molecule has 0 radical (unpaired) electrons. The molecule has 5 heteroatoms. The zero-order chi connectivity index (χ0) is 13.8. The Morgan fingerprint density at radius 1 is 1.58 bits per heavy atom. The summed E-state index contributed by atoms with van der Waals surface area (Å²) in [5.74, 6) is 0.628. The number of nitrogens with two attached hydrogens (primary N) is 1. The largest absolute Gasteiger partial charge is 0.328 e. The summed E-state index contributed by atoms with van der Waals surface area (Å²) in [5, 5.41) is 3.49. The van der Waals surface area contributed by atoms with Gasteiger partial charge in [-0.05, 0) is 37.0 Å². The number of nitrogens with one attached hydrogen (secondary N) is 1. The minimum atomic E-state index is -0.0929. The first kappa shape index (κ1) is 14.2. The van der Waals surface area contributed by atoms with Gasteiger partial charge in [0.25, 0.3) is 0 Å². The summed E-state index contributed by atoms with van der Waals surface area (Å²) < 4.78 is 0. The highest BCUT2D eigenvalue weighted by atomic mass is 35.5. The van der Waals surface area contributed by atoms with Crippen LogP contribution in [0.25, 0.3) is 0 Å².